The first kappa shape index (κ1) is 23.0. The van der Waals surface area contributed by atoms with E-state index in [0.29, 0.717) is 18.7 Å². The summed E-state index contributed by atoms with van der Waals surface area (Å²) in [6.07, 6.45) is 1.36. The summed E-state index contributed by atoms with van der Waals surface area (Å²) in [6, 6.07) is 15.1. The average molecular weight is 486 g/mol. The zero-order valence-electron chi connectivity index (χ0n) is 17.8. The molecule has 0 aliphatic carbocycles. The van der Waals surface area contributed by atoms with Gasteiger partial charge in [0.15, 0.2) is 0 Å². The Bertz CT molecular complexity index is 942. The van der Waals surface area contributed by atoms with Gasteiger partial charge in [0.1, 0.15) is 6.04 Å². The molecule has 3 rings (SSSR count). The van der Waals surface area contributed by atoms with Crippen LogP contribution >= 0.6 is 15.9 Å². The third-order valence-corrected chi connectivity index (χ3v) is 6.24. The van der Waals surface area contributed by atoms with E-state index in [2.05, 4.69) is 21.2 Å². The van der Waals surface area contributed by atoms with Crippen LogP contribution in [0.1, 0.15) is 33.1 Å². The molecule has 3 N–H and O–H groups in total. The Balaban J connectivity index is 1.68. The highest BCUT2D eigenvalue weighted by Gasteiger charge is 2.38. The molecule has 2 aromatic carbocycles. The van der Waals surface area contributed by atoms with Crippen LogP contribution in [-0.2, 0) is 14.4 Å². The summed E-state index contributed by atoms with van der Waals surface area (Å²) in [4.78, 5) is 39.0. The van der Waals surface area contributed by atoms with Crippen molar-refractivity contribution in [3.05, 3.63) is 53.0 Å². The van der Waals surface area contributed by atoms with Crippen LogP contribution in [0, 0.1) is 11.8 Å². The minimum atomic E-state index is -0.534. The number of hydrogen-bond donors (Lipinski definition) is 2. The molecule has 2 unspecified atom stereocenters. The molecule has 0 saturated carbocycles. The van der Waals surface area contributed by atoms with E-state index in [1.54, 1.807) is 4.90 Å². The number of carbonyl (C=O) groups is 3. The van der Waals surface area contributed by atoms with Gasteiger partial charge in [-0.25, -0.2) is 0 Å². The minimum absolute atomic E-state index is 0.00113. The average Bonchev–Trinajstić information content (AvgIpc) is 3.22. The molecular formula is C24H28BrN3O3. The van der Waals surface area contributed by atoms with Crippen LogP contribution in [-0.4, -0.2) is 35.2 Å². The predicted molar refractivity (Wildman–Crippen MR) is 125 cm³/mol. The zero-order valence-corrected chi connectivity index (χ0v) is 19.4. The van der Waals surface area contributed by atoms with Crippen molar-refractivity contribution in [1.82, 2.24) is 4.90 Å². The standard InChI is InChI=1S/C24H28BrN3O3/c1-15(2)20(14-22(26)29)24(31)28-13-3-4-21(28)23(30)27-19-11-7-17(8-12-19)16-5-9-18(25)10-6-16/h5-12,15,20-21H,3-4,13-14H2,1-2H3,(H2,26,29)(H,27,30). The molecule has 6 nitrogen and oxygen atoms in total. The van der Waals surface area contributed by atoms with Crippen molar-refractivity contribution in [2.24, 2.45) is 17.6 Å². The lowest BCUT2D eigenvalue weighted by atomic mass is 9.90. The van der Waals surface area contributed by atoms with E-state index >= 15 is 0 Å². The Hall–Kier alpha value is -2.67. The predicted octanol–water partition coefficient (Wildman–Crippen LogP) is 4.19. The van der Waals surface area contributed by atoms with Crippen LogP contribution in [0.3, 0.4) is 0 Å². The number of primary amides is 1. The molecule has 0 spiro atoms. The second-order valence-electron chi connectivity index (χ2n) is 8.28. The van der Waals surface area contributed by atoms with Gasteiger partial charge < -0.3 is 16.0 Å². The van der Waals surface area contributed by atoms with Gasteiger partial charge in [-0.2, -0.15) is 0 Å². The fraction of sp³-hybridized carbons (Fsp3) is 0.375. The summed E-state index contributed by atoms with van der Waals surface area (Å²) in [5, 5.41) is 2.93. The lowest BCUT2D eigenvalue weighted by molar-refractivity contribution is -0.143. The number of halogens is 1. The van der Waals surface area contributed by atoms with Crippen molar-refractivity contribution in [1.29, 1.82) is 0 Å². The summed E-state index contributed by atoms with van der Waals surface area (Å²) in [6.45, 7) is 4.30. The van der Waals surface area contributed by atoms with Crippen molar-refractivity contribution < 1.29 is 14.4 Å². The van der Waals surface area contributed by atoms with E-state index in [0.717, 1.165) is 22.0 Å². The zero-order chi connectivity index (χ0) is 22.5. The lowest BCUT2D eigenvalue weighted by Gasteiger charge is -2.29. The highest BCUT2D eigenvalue weighted by molar-refractivity contribution is 9.10. The summed E-state index contributed by atoms with van der Waals surface area (Å²) in [5.41, 5.74) is 8.15. The smallest absolute Gasteiger partial charge is 0.247 e. The number of anilines is 1. The molecule has 1 aliphatic heterocycles. The van der Waals surface area contributed by atoms with E-state index in [9.17, 15) is 14.4 Å². The highest BCUT2D eigenvalue weighted by atomic mass is 79.9. The van der Waals surface area contributed by atoms with Gasteiger partial charge in [-0.1, -0.05) is 54.0 Å². The first-order valence-corrected chi connectivity index (χ1v) is 11.3. The van der Waals surface area contributed by atoms with E-state index in [4.69, 9.17) is 5.73 Å². The molecule has 0 radical (unpaired) electrons. The Morgan fingerprint density at radius 1 is 1.06 bits per heavy atom. The summed E-state index contributed by atoms with van der Waals surface area (Å²) in [5.74, 6) is -1.41. The Morgan fingerprint density at radius 3 is 2.19 bits per heavy atom. The molecule has 1 aliphatic rings. The second-order valence-corrected chi connectivity index (χ2v) is 9.20. The van der Waals surface area contributed by atoms with Gasteiger partial charge in [0.25, 0.3) is 0 Å². The van der Waals surface area contributed by atoms with Gasteiger partial charge >= 0.3 is 0 Å². The maximum Gasteiger partial charge on any atom is 0.247 e. The highest BCUT2D eigenvalue weighted by Crippen LogP contribution is 2.27. The summed E-state index contributed by atoms with van der Waals surface area (Å²) < 4.78 is 1.02. The minimum Gasteiger partial charge on any atom is -0.370 e. The molecule has 1 fully saturated rings. The SMILES string of the molecule is CC(C)C(CC(N)=O)C(=O)N1CCCC1C(=O)Nc1ccc(-c2ccc(Br)cc2)cc1. The molecule has 3 amide bonds. The van der Waals surface area contributed by atoms with Crippen LogP contribution in [0.5, 0.6) is 0 Å². The van der Waals surface area contributed by atoms with E-state index < -0.39 is 17.9 Å². The monoisotopic (exact) mass is 485 g/mol. The van der Waals surface area contributed by atoms with Crippen LogP contribution in [0.15, 0.2) is 53.0 Å². The maximum atomic E-state index is 13.1. The normalized spacial score (nSPS) is 16.9. The third-order valence-electron chi connectivity index (χ3n) is 5.71. The third kappa shape index (κ3) is 5.73. The molecule has 1 heterocycles. The van der Waals surface area contributed by atoms with Crippen molar-refractivity contribution >= 4 is 39.3 Å². The number of likely N-dealkylation sites (tertiary alicyclic amines) is 1. The number of nitrogens with one attached hydrogen (secondary N) is 1. The number of nitrogens with two attached hydrogens (primary N) is 1. The number of amides is 3. The molecule has 0 aromatic heterocycles. The molecule has 2 aromatic rings. The quantitative estimate of drug-likeness (QED) is 0.615. The number of nitrogens with zero attached hydrogens (tertiary/aromatic N) is 1. The van der Waals surface area contributed by atoms with Gasteiger partial charge in [0, 0.05) is 29.0 Å². The van der Waals surface area contributed by atoms with Gasteiger partial charge in [0.05, 0.1) is 0 Å². The van der Waals surface area contributed by atoms with Crippen LogP contribution in [0.4, 0.5) is 5.69 Å². The number of hydrogen-bond acceptors (Lipinski definition) is 3. The fourth-order valence-corrected chi connectivity index (χ4v) is 4.22. The van der Waals surface area contributed by atoms with Crippen LogP contribution < -0.4 is 11.1 Å². The number of rotatable bonds is 7. The molecule has 0 bridgehead atoms. The fourth-order valence-electron chi connectivity index (χ4n) is 3.95. The number of carbonyl (C=O) groups excluding carboxylic acids is 3. The van der Waals surface area contributed by atoms with E-state index in [-0.39, 0.29) is 24.2 Å². The molecule has 164 valence electrons. The molecule has 31 heavy (non-hydrogen) atoms. The first-order valence-electron chi connectivity index (χ1n) is 10.5. The Labute approximate surface area is 191 Å². The van der Waals surface area contributed by atoms with E-state index in [1.807, 2.05) is 62.4 Å². The number of benzene rings is 2. The van der Waals surface area contributed by atoms with Gasteiger partial charge in [-0.05, 0) is 54.2 Å². The summed E-state index contributed by atoms with van der Waals surface area (Å²) in [7, 11) is 0. The maximum absolute atomic E-state index is 13.1. The van der Waals surface area contributed by atoms with E-state index in [1.165, 1.54) is 0 Å². The van der Waals surface area contributed by atoms with Crippen LogP contribution in [0.2, 0.25) is 0 Å². The topological polar surface area (TPSA) is 92.5 Å². The molecule has 2 atom stereocenters. The van der Waals surface area contributed by atoms with Crippen molar-refractivity contribution in [3.63, 3.8) is 0 Å². The molecule has 1 saturated heterocycles. The Kier molecular flexibility index (Phi) is 7.49. The van der Waals surface area contributed by atoms with Gasteiger partial charge in [-0.15, -0.1) is 0 Å². The Morgan fingerprint density at radius 2 is 1.65 bits per heavy atom. The lowest BCUT2D eigenvalue weighted by Crippen LogP contribution is -2.47. The first-order chi connectivity index (χ1) is 14.8. The van der Waals surface area contributed by atoms with Crippen molar-refractivity contribution in [3.8, 4) is 11.1 Å². The van der Waals surface area contributed by atoms with Gasteiger partial charge in [0.2, 0.25) is 17.7 Å². The second kappa shape index (κ2) is 10.1. The van der Waals surface area contributed by atoms with Crippen molar-refractivity contribution in [2.45, 2.75) is 39.2 Å². The molecular weight excluding hydrogens is 458 g/mol. The van der Waals surface area contributed by atoms with Crippen LogP contribution in [0.25, 0.3) is 11.1 Å². The van der Waals surface area contributed by atoms with Crippen molar-refractivity contribution in [2.75, 3.05) is 11.9 Å². The largest absolute Gasteiger partial charge is 0.370 e. The summed E-state index contributed by atoms with van der Waals surface area (Å²) >= 11 is 3.43. The molecule has 7 heteroatoms. The van der Waals surface area contributed by atoms with Gasteiger partial charge in [-0.3, -0.25) is 14.4 Å².